The highest BCUT2D eigenvalue weighted by molar-refractivity contribution is 5.76. The average Bonchev–Trinajstić information content (AvgIpc) is 3.27. The Morgan fingerprint density at radius 2 is 2.12 bits per heavy atom. The Labute approximate surface area is 149 Å². The van der Waals surface area contributed by atoms with Gasteiger partial charge in [-0.15, -0.1) is 0 Å². The smallest absolute Gasteiger partial charge is 0.223 e. The van der Waals surface area contributed by atoms with E-state index >= 15 is 0 Å². The molecule has 1 fully saturated rings. The number of ether oxygens (including phenoxy) is 1. The number of rotatable bonds is 7. The highest BCUT2D eigenvalue weighted by Gasteiger charge is 2.22. The van der Waals surface area contributed by atoms with Gasteiger partial charge in [0, 0.05) is 44.0 Å². The summed E-state index contributed by atoms with van der Waals surface area (Å²) in [5, 5.41) is 0. The fraction of sp³-hybridized carbons (Fsp3) is 0.500. The van der Waals surface area contributed by atoms with Crippen LogP contribution >= 0.6 is 0 Å². The van der Waals surface area contributed by atoms with Crippen LogP contribution in [0.5, 0.6) is 0 Å². The topological polar surface area (TPSA) is 55.6 Å². The van der Waals surface area contributed by atoms with Crippen LogP contribution in [-0.4, -0.2) is 42.1 Å². The van der Waals surface area contributed by atoms with Gasteiger partial charge in [-0.3, -0.25) is 4.79 Å². The van der Waals surface area contributed by atoms with Gasteiger partial charge in [-0.1, -0.05) is 30.3 Å². The molecule has 0 bridgehead atoms. The highest BCUT2D eigenvalue weighted by Crippen LogP contribution is 2.24. The minimum atomic E-state index is 0.159. The predicted molar refractivity (Wildman–Crippen MR) is 96.2 cm³/mol. The monoisotopic (exact) mass is 342 g/mol. The number of nitrogens with zero attached hydrogens (tertiary/aromatic N) is 2. The summed E-state index contributed by atoms with van der Waals surface area (Å²) < 4.78 is 11.3. The molecule has 5 heteroatoms. The Morgan fingerprint density at radius 3 is 2.80 bits per heavy atom. The lowest BCUT2D eigenvalue weighted by Crippen LogP contribution is -2.35. The van der Waals surface area contributed by atoms with E-state index in [0.29, 0.717) is 24.7 Å². The molecule has 1 aliphatic rings. The van der Waals surface area contributed by atoms with Crippen LogP contribution in [0.25, 0.3) is 11.3 Å². The number of oxazole rings is 1. The Morgan fingerprint density at radius 1 is 1.32 bits per heavy atom. The lowest BCUT2D eigenvalue weighted by molar-refractivity contribution is -0.131. The lowest BCUT2D eigenvalue weighted by Gasteiger charge is -2.23. The number of carbonyl (C=O) groups is 1. The number of hydrogen-bond donors (Lipinski definition) is 0. The number of benzene rings is 1. The van der Waals surface area contributed by atoms with E-state index in [1.165, 1.54) is 0 Å². The minimum Gasteiger partial charge on any atom is -0.440 e. The van der Waals surface area contributed by atoms with Crippen molar-refractivity contribution in [3.8, 4) is 11.3 Å². The molecule has 0 aliphatic carbocycles. The van der Waals surface area contributed by atoms with Crippen molar-refractivity contribution in [1.29, 1.82) is 0 Å². The zero-order chi connectivity index (χ0) is 17.6. The van der Waals surface area contributed by atoms with Gasteiger partial charge in [-0.25, -0.2) is 4.98 Å². The van der Waals surface area contributed by atoms with Gasteiger partial charge in [0.1, 0.15) is 0 Å². The number of hydrogen-bond acceptors (Lipinski definition) is 4. The molecule has 5 nitrogen and oxygen atoms in total. The summed E-state index contributed by atoms with van der Waals surface area (Å²) in [6, 6.07) is 9.94. The maximum Gasteiger partial charge on any atom is 0.223 e. The SMILES string of the molecule is CCN(C[C@@H]1CCOC1)C(=O)CCc1nc(C)c(-c2ccccc2)o1. The third-order valence-electron chi connectivity index (χ3n) is 4.67. The zero-order valence-electron chi connectivity index (χ0n) is 15.0. The molecule has 2 heterocycles. The third-order valence-corrected chi connectivity index (χ3v) is 4.67. The number of carbonyl (C=O) groups excluding carboxylic acids is 1. The molecule has 1 aliphatic heterocycles. The molecular weight excluding hydrogens is 316 g/mol. The molecule has 0 radical (unpaired) electrons. The van der Waals surface area contributed by atoms with Gasteiger partial charge in [-0.05, 0) is 20.3 Å². The van der Waals surface area contributed by atoms with Gasteiger partial charge in [0.05, 0.1) is 12.3 Å². The maximum absolute atomic E-state index is 12.5. The average molecular weight is 342 g/mol. The van der Waals surface area contributed by atoms with Crippen LogP contribution in [-0.2, 0) is 16.0 Å². The Bertz CT molecular complexity index is 690. The molecule has 134 valence electrons. The lowest BCUT2D eigenvalue weighted by atomic mass is 10.1. The summed E-state index contributed by atoms with van der Waals surface area (Å²) in [5.41, 5.74) is 1.88. The second-order valence-electron chi connectivity index (χ2n) is 6.55. The summed E-state index contributed by atoms with van der Waals surface area (Å²) >= 11 is 0. The first kappa shape index (κ1) is 17.7. The molecule has 2 aromatic rings. The zero-order valence-corrected chi connectivity index (χ0v) is 15.0. The van der Waals surface area contributed by atoms with Gasteiger partial charge in [-0.2, -0.15) is 0 Å². The summed E-state index contributed by atoms with van der Waals surface area (Å²) in [6.45, 7) is 7.06. The first-order chi connectivity index (χ1) is 12.2. The van der Waals surface area contributed by atoms with Crippen LogP contribution in [0.1, 0.15) is 31.4 Å². The van der Waals surface area contributed by atoms with Crippen LogP contribution in [0.15, 0.2) is 34.7 Å². The van der Waals surface area contributed by atoms with E-state index in [9.17, 15) is 4.79 Å². The van der Waals surface area contributed by atoms with Crippen molar-refractivity contribution >= 4 is 5.91 Å². The van der Waals surface area contributed by atoms with Crippen molar-refractivity contribution in [1.82, 2.24) is 9.88 Å². The first-order valence-corrected chi connectivity index (χ1v) is 9.04. The Balaban J connectivity index is 1.58. The minimum absolute atomic E-state index is 0.159. The van der Waals surface area contributed by atoms with E-state index in [1.54, 1.807) is 0 Å². The molecule has 1 aromatic heterocycles. The van der Waals surface area contributed by atoms with E-state index < -0.39 is 0 Å². The second-order valence-corrected chi connectivity index (χ2v) is 6.55. The van der Waals surface area contributed by atoms with Gasteiger partial charge >= 0.3 is 0 Å². The molecule has 0 spiro atoms. The number of aromatic nitrogens is 1. The Hall–Kier alpha value is -2.14. The normalized spacial score (nSPS) is 17.0. The van der Waals surface area contributed by atoms with E-state index in [0.717, 1.165) is 49.7 Å². The quantitative estimate of drug-likeness (QED) is 0.773. The van der Waals surface area contributed by atoms with Crippen LogP contribution in [0.4, 0.5) is 0 Å². The molecule has 1 amide bonds. The van der Waals surface area contributed by atoms with Crippen molar-refractivity contribution in [2.75, 3.05) is 26.3 Å². The molecule has 0 unspecified atom stereocenters. The van der Waals surface area contributed by atoms with E-state index in [-0.39, 0.29) is 5.91 Å². The first-order valence-electron chi connectivity index (χ1n) is 9.04. The van der Waals surface area contributed by atoms with Gasteiger partial charge in [0.2, 0.25) is 5.91 Å². The van der Waals surface area contributed by atoms with Crippen molar-refractivity contribution in [3.63, 3.8) is 0 Å². The van der Waals surface area contributed by atoms with Gasteiger partial charge < -0.3 is 14.1 Å². The van der Waals surface area contributed by atoms with Crippen molar-refractivity contribution in [2.45, 2.75) is 33.1 Å². The van der Waals surface area contributed by atoms with Gasteiger partial charge in [0.25, 0.3) is 0 Å². The molecule has 1 aromatic carbocycles. The van der Waals surface area contributed by atoms with Gasteiger partial charge in [0.15, 0.2) is 11.7 Å². The number of aryl methyl sites for hydroxylation is 2. The summed E-state index contributed by atoms with van der Waals surface area (Å²) in [6.07, 6.45) is 2.00. The van der Waals surface area contributed by atoms with Crippen molar-refractivity contribution < 1.29 is 13.9 Å². The van der Waals surface area contributed by atoms with Crippen LogP contribution in [0, 0.1) is 12.8 Å². The molecular formula is C20H26N2O3. The summed E-state index contributed by atoms with van der Waals surface area (Å²) in [4.78, 5) is 18.9. The molecule has 0 saturated carbocycles. The summed E-state index contributed by atoms with van der Waals surface area (Å²) in [5.74, 6) is 2.05. The standard InChI is InChI=1S/C20H26N2O3/c1-3-22(13-16-11-12-24-14-16)19(23)10-9-18-21-15(2)20(25-18)17-7-5-4-6-8-17/h4-8,16H,3,9-14H2,1-2H3/t16-/m0/s1. The predicted octanol–water partition coefficient (Wildman–Crippen LogP) is 3.47. The van der Waals surface area contributed by atoms with E-state index in [2.05, 4.69) is 4.98 Å². The fourth-order valence-electron chi connectivity index (χ4n) is 3.23. The van der Waals surface area contributed by atoms with E-state index in [1.807, 2.05) is 49.1 Å². The largest absolute Gasteiger partial charge is 0.440 e. The third kappa shape index (κ3) is 4.48. The molecule has 3 rings (SSSR count). The highest BCUT2D eigenvalue weighted by atomic mass is 16.5. The molecule has 25 heavy (non-hydrogen) atoms. The second kappa shape index (κ2) is 8.30. The summed E-state index contributed by atoms with van der Waals surface area (Å²) in [7, 11) is 0. The van der Waals surface area contributed by atoms with Crippen LogP contribution in [0.3, 0.4) is 0 Å². The van der Waals surface area contributed by atoms with Crippen molar-refractivity contribution in [2.24, 2.45) is 5.92 Å². The molecule has 1 atom stereocenters. The van der Waals surface area contributed by atoms with Crippen molar-refractivity contribution in [3.05, 3.63) is 41.9 Å². The van der Waals surface area contributed by atoms with Crippen LogP contribution < -0.4 is 0 Å². The fourth-order valence-corrected chi connectivity index (χ4v) is 3.23. The van der Waals surface area contributed by atoms with Crippen LogP contribution in [0.2, 0.25) is 0 Å². The van der Waals surface area contributed by atoms with E-state index in [4.69, 9.17) is 9.15 Å². The maximum atomic E-state index is 12.5. The number of amides is 1. The Kier molecular flexibility index (Phi) is 5.87. The molecule has 1 saturated heterocycles. The molecule has 0 N–H and O–H groups in total.